The fraction of sp³-hybridized carbons (Fsp3) is 1.00. The Labute approximate surface area is 74.0 Å². The number of hydrogen-bond donors (Lipinski definition) is 2. The summed E-state index contributed by atoms with van der Waals surface area (Å²) in [7, 11) is -3.02. The molecule has 0 rings (SSSR count). The third-order valence-electron chi connectivity index (χ3n) is 1.45. The zero-order valence-corrected chi connectivity index (χ0v) is 8.23. The second-order valence-electron chi connectivity index (χ2n) is 2.80. The maximum atomic E-state index is 10.6. The zero-order chi connectivity index (χ0) is 9.45. The molecule has 0 atom stereocenters. The average molecular weight is 195 g/mol. The molecule has 0 fully saturated rings. The second-order valence-corrected chi connectivity index (χ2v) is 4.64. The minimum Gasteiger partial charge on any atom is -0.396 e. The quantitative estimate of drug-likeness (QED) is 0.566. The van der Waals surface area contributed by atoms with Crippen molar-refractivity contribution in [2.24, 2.45) is 0 Å². The summed E-state index contributed by atoms with van der Waals surface area (Å²) in [6.45, 7) is 0.726. The Hall–Kier alpha value is -0.130. The van der Waals surface area contributed by atoms with E-state index in [1.54, 1.807) is 0 Å². The van der Waals surface area contributed by atoms with Gasteiger partial charge in [0.15, 0.2) is 0 Å². The van der Waals surface area contributed by atoms with Gasteiger partial charge in [0.05, 0.1) is 6.26 Å². The Morgan fingerprint density at radius 1 is 1.17 bits per heavy atom. The number of sulfonamides is 1. The summed E-state index contributed by atoms with van der Waals surface area (Å²) in [6, 6.07) is 0. The van der Waals surface area contributed by atoms with Gasteiger partial charge in [-0.25, -0.2) is 13.1 Å². The zero-order valence-electron chi connectivity index (χ0n) is 7.41. The van der Waals surface area contributed by atoms with Gasteiger partial charge in [-0.1, -0.05) is 12.8 Å². The molecule has 4 nitrogen and oxygen atoms in total. The molecule has 0 aliphatic rings. The van der Waals surface area contributed by atoms with Gasteiger partial charge in [0.1, 0.15) is 0 Å². The lowest BCUT2D eigenvalue weighted by Gasteiger charge is -2.00. The van der Waals surface area contributed by atoms with Gasteiger partial charge in [0.25, 0.3) is 0 Å². The molecule has 0 saturated heterocycles. The molecule has 0 aromatic rings. The van der Waals surface area contributed by atoms with Crippen LogP contribution < -0.4 is 4.72 Å². The number of rotatable bonds is 7. The molecular formula is C7H17NO3S. The minimum absolute atomic E-state index is 0.222. The Morgan fingerprint density at radius 3 is 2.25 bits per heavy atom. The molecule has 0 aliphatic heterocycles. The molecule has 0 unspecified atom stereocenters. The van der Waals surface area contributed by atoms with E-state index in [9.17, 15) is 8.42 Å². The van der Waals surface area contributed by atoms with Crippen LogP contribution in [0.4, 0.5) is 0 Å². The maximum Gasteiger partial charge on any atom is 0.208 e. The third-order valence-corrected chi connectivity index (χ3v) is 2.18. The van der Waals surface area contributed by atoms with Crippen LogP contribution in [-0.2, 0) is 10.0 Å². The van der Waals surface area contributed by atoms with Crippen LogP contribution in [0.1, 0.15) is 25.7 Å². The lowest BCUT2D eigenvalue weighted by molar-refractivity contribution is 0.282. The van der Waals surface area contributed by atoms with E-state index in [-0.39, 0.29) is 6.61 Å². The Balaban J connectivity index is 3.12. The molecule has 0 aromatic heterocycles. The monoisotopic (exact) mass is 195 g/mol. The molecule has 0 aromatic carbocycles. The summed E-state index contributed by atoms with van der Waals surface area (Å²) in [6.07, 6.45) is 4.72. The number of aliphatic hydroxyl groups excluding tert-OH is 1. The van der Waals surface area contributed by atoms with E-state index in [4.69, 9.17) is 5.11 Å². The molecule has 5 heteroatoms. The topological polar surface area (TPSA) is 66.4 Å². The van der Waals surface area contributed by atoms with E-state index in [1.165, 1.54) is 0 Å². The van der Waals surface area contributed by atoms with Gasteiger partial charge in [-0.15, -0.1) is 0 Å². The summed E-state index contributed by atoms with van der Waals surface area (Å²) in [5, 5.41) is 8.44. The second kappa shape index (κ2) is 6.39. The number of aliphatic hydroxyl groups is 1. The summed E-state index contributed by atoms with van der Waals surface area (Å²) < 4.78 is 23.5. The van der Waals surface area contributed by atoms with Crippen molar-refractivity contribution in [2.75, 3.05) is 19.4 Å². The Bertz CT molecular complexity index is 189. The van der Waals surface area contributed by atoms with E-state index in [2.05, 4.69) is 4.72 Å². The SMILES string of the molecule is CS(=O)(=O)NCCCCCCO. The van der Waals surface area contributed by atoms with Crippen molar-refractivity contribution in [1.29, 1.82) is 0 Å². The first-order chi connectivity index (χ1) is 5.56. The number of unbranched alkanes of at least 4 members (excludes halogenated alkanes) is 3. The largest absolute Gasteiger partial charge is 0.396 e. The molecule has 0 spiro atoms. The van der Waals surface area contributed by atoms with Crippen LogP contribution in [0.3, 0.4) is 0 Å². The van der Waals surface area contributed by atoms with Gasteiger partial charge in [0, 0.05) is 13.2 Å². The normalized spacial score (nSPS) is 11.8. The molecule has 0 aliphatic carbocycles. The van der Waals surface area contributed by atoms with Crippen molar-refractivity contribution in [3.63, 3.8) is 0 Å². The Kier molecular flexibility index (Phi) is 6.32. The average Bonchev–Trinajstić information content (AvgIpc) is 1.94. The first-order valence-corrected chi connectivity index (χ1v) is 6.01. The van der Waals surface area contributed by atoms with Crippen LogP contribution in [0.2, 0.25) is 0 Å². The van der Waals surface area contributed by atoms with Gasteiger partial charge >= 0.3 is 0 Å². The molecule has 0 heterocycles. The molecule has 0 radical (unpaired) electrons. The van der Waals surface area contributed by atoms with Crippen LogP contribution in [0.15, 0.2) is 0 Å². The van der Waals surface area contributed by atoms with Crippen molar-refractivity contribution in [1.82, 2.24) is 4.72 Å². The molecule has 74 valence electrons. The van der Waals surface area contributed by atoms with E-state index in [0.717, 1.165) is 31.9 Å². The van der Waals surface area contributed by atoms with Crippen LogP contribution in [0.25, 0.3) is 0 Å². The van der Waals surface area contributed by atoms with E-state index in [1.807, 2.05) is 0 Å². The fourth-order valence-electron chi connectivity index (χ4n) is 0.848. The molecule has 12 heavy (non-hydrogen) atoms. The van der Waals surface area contributed by atoms with Gasteiger partial charge in [0.2, 0.25) is 10.0 Å². The molecule has 0 saturated carbocycles. The predicted molar refractivity (Wildman–Crippen MR) is 48.4 cm³/mol. The highest BCUT2D eigenvalue weighted by atomic mass is 32.2. The summed E-state index contributed by atoms with van der Waals surface area (Å²) >= 11 is 0. The lowest BCUT2D eigenvalue weighted by Crippen LogP contribution is -2.22. The van der Waals surface area contributed by atoms with Crippen LogP contribution in [0, 0.1) is 0 Å². The molecule has 2 N–H and O–H groups in total. The lowest BCUT2D eigenvalue weighted by atomic mass is 10.2. The minimum atomic E-state index is -3.02. The number of nitrogens with one attached hydrogen (secondary N) is 1. The Morgan fingerprint density at radius 2 is 1.75 bits per heavy atom. The first-order valence-electron chi connectivity index (χ1n) is 4.12. The predicted octanol–water partition coefficient (Wildman–Crippen LogP) is 0.0883. The van der Waals surface area contributed by atoms with Crippen molar-refractivity contribution < 1.29 is 13.5 Å². The summed E-state index contributed by atoms with van der Waals surface area (Å²) in [4.78, 5) is 0. The van der Waals surface area contributed by atoms with E-state index >= 15 is 0 Å². The summed E-state index contributed by atoms with van der Waals surface area (Å²) in [5.74, 6) is 0. The molecule has 0 bridgehead atoms. The maximum absolute atomic E-state index is 10.6. The van der Waals surface area contributed by atoms with Gasteiger partial charge < -0.3 is 5.11 Å². The van der Waals surface area contributed by atoms with Crippen molar-refractivity contribution in [2.45, 2.75) is 25.7 Å². The fourth-order valence-corrected chi connectivity index (χ4v) is 1.36. The van der Waals surface area contributed by atoms with Crippen LogP contribution in [0.5, 0.6) is 0 Å². The number of hydrogen-bond acceptors (Lipinski definition) is 3. The van der Waals surface area contributed by atoms with Crippen LogP contribution >= 0.6 is 0 Å². The molecule has 0 amide bonds. The third kappa shape index (κ3) is 9.87. The van der Waals surface area contributed by atoms with Crippen molar-refractivity contribution >= 4 is 10.0 Å². The highest BCUT2D eigenvalue weighted by Crippen LogP contribution is 1.97. The highest BCUT2D eigenvalue weighted by Gasteiger charge is 1.97. The molecular weight excluding hydrogens is 178 g/mol. The van der Waals surface area contributed by atoms with Gasteiger partial charge in [-0.2, -0.15) is 0 Å². The summed E-state index contributed by atoms with van der Waals surface area (Å²) in [5.41, 5.74) is 0. The van der Waals surface area contributed by atoms with Crippen LogP contribution in [-0.4, -0.2) is 32.9 Å². The van der Waals surface area contributed by atoms with Gasteiger partial charge in [-0.05, 0) is 12.8 Å². The van der Waals surface area contributed by atoms with Gasteiger partial charge in [-0.3, -0.25) is 0 Å². The van der Waals surface area contributed by atoms with E-state index < -0.39 is 10.0 Å². The van der Waals surface area contributed by atoms with E-state index in [0.29, 0.717) is 6.54 Å². The first kappa shape index (κ1) is 11.9. The standard InChI is InChI=1S/C7H17NO3S/c1-12(10,11)8-6-4-2-3-5-7-9/h8-9H,2-7H2,1H3. The van der Waals surface area contributed by atoms with Crippen molar-refractivity contribution in [3.8, 4) is 0 Å². The van der Waals surface area contributed by atoms with Crippen molar-refractivity contribution in [3.05, 3.63) is 0 Å². The highest BCUT2D eigenvalue weighted by molar-refractivity contribution is 7.88. The smallest absolute Gasteiger partial charge is 0.208 e.